The van der Waals surface area contributed by atoms with Gasteiger partial charge in [0.25, 0.3) is 0 Å². The van der Waals surface area contributed by atoms with Crippen LogP contribution >= 0.6 is 0 Å². The number of para-hydroxylation sites is 1. The van der Waals surface area contributed by atoms with Crippen LogP contribution in [0.4, 0.5) is 5.69 Å². The van der Waals surface area contributed by atoms with E-state index in [1.807, 2.05) is 36.2 Å². The summed E-state index contributed by atoms with van der Waals surface area (Å²) in [4.78, 5) is 11.8. The predicted octanol–water partition coefficient (Wildman–Crippen LogP) is 1.33. The number of benzene rings is 1. The molecule has 2 rings (SSSR count). The van der Waals surface area contributed by atoms with Gasteiger partial charge in [-0.1, -0.05) is 18.2 Å². The Bertz CT molecular complexity index is 406. The van der Waals surface area contributed by atoms with E-state index in [4.69, 9.17) is 5.11 Å². The quantitative estimate of drug-likeness (QED) is 0.854. The number of carbonyl (C=O) groups excluding carboxylic acids is 1. The van der Waals surface area contributed by atoms with Crippen LogP contribution in [0.3, 0.4) is 0 Å². The summed E-state index contributed by atoms with van der Waals surface area (Å²) in [6.45, 7) is 3.48. The number of aryl methyl sites for hydroxylation is 1. The molecule has 1 fully saturated rings. The summed E-state index contributed by atoms with van der Waals surface area (Å²) >= 11 is 0. The smallest absolute Gasteiger partial charge is 0.242 e. The Morgan fingerprint density at radius 1 is 1.35 bits per heavy atom. The normalized spacial score (nSPS) is 15.8. The van der Waals surface area contributed by atoms with Crippen LogP contribution in [0.1, 0.15) is 18.4 Å². The second-order valence-electron chi connectivity index (χ2n) is 4.25. The van der Waals surface area contributed by atoms with Gasteiger partial charge in [-0.2, -0.15) is 0 Å². The van der Waals surface area contributed by atoms with Crippen molar-refractivity contribution in [3.05, 3.63) is 29.8 Å². The van der Waals surface area contributed by atoms with Crippen molar-refractivity contribution in [3.63, 3.8) is 0 Å². The number of hydrogen-bond donors (Lipinski definition) is 1. The summed E-state index contributed by atoms with van der Waals surface area (Å²) in [5.41, 5.74) is 2.24. The molecule has 1 aliphatic heterocycles. The standard InChI is InChI=1S/C13H18N2O2/c1-11-5-2-3-6-12(11)14-9-7-13(17)15(14)8-4-10-16/h2-3,5-6,16H,4,7-10H2,1H3. The third-order valence-corrected chi connectivity index (χ3v) is 3.04. The summed E-state index contributed by atoms with van der Waals surface area (Å²) < 4.78 is 0. The maximum atomic E-state index is 11.8. The highest BCUT2D eigenvalue weighted by Crippen LogP contribution is 2.25. The number of hydrogen-bond acceptors (Lipinski definition) is 3. The molecule has 1 saturated heterocycles. The number of nitrogens with zero attached hydrogens (tertiary/aromatic N) is 2. The molecule has 1 aromatic rings. The molecule has 1 aromatic carbocycles. The van der Waals surface area contributed by atoms with Crippen LogP contribution in [0.25, 0.3) is 0 Å². The molecule has 0 aromatic heterocycles. The lowest BCUT2D eigenvalue weighted by Crippen LogP contribution is -2.40. The lowest BCUT2D eigenvalue weighted by Gasteiger charge is -2.30. The van der Waals surface area contributed by atoms with Gasteiger partial charge in [0.2, 0.25) is 5.91 Å². The highest BCUT2D eigenvalue weighted by Gasteiger charge is 2.29. The minimum absolute atomic E-state index is 0.116. The minimum atomic E-state index is 0.116. The van der Waals surface area contributed by atoms with Crippen LogP contribution in [0.2, 0.25) is 0 Å². The van der Waals surface area contributed by atoms with Gasteiger partial charge in [-0.05, 0) is 25.0 Å². The number of amides is 1. The first-order valence-electron chi connectivity index (χ1n) is 5.98. The number of carbonyl (C=O) groups is 1. The first-order valence-corrected chi connectivity index (χ1v) is 5.98. The van der Waals surface area contributed by atoms with Gasteiger partial charge in [-0.15, -0.1) is 0 Å². The molecule has 1 heterocycles. The third kappa shape index (κ3) is 2.42. The molecule has 0 radical (unpaired) electrons. The largest absolute Gasteiger partial charge is 0.396 e. The zero-order chi connectivity index (χ0) is 12.3. The van der Waals surface area contributed by atoms with Gasteiger partial charge in [0.15, 0.2) is 0 Å². The summed E-state index contributed by atoms with van der Waals surface area (Å²) in [5, 5.41) is 12.6. The fourth-order valence-electron chi connectivity index (χ4n) is 2.16. The number of rotatable bonds is 4. The Hall–Kier alpha value is -1.55. The highest BCUT2D eigenvalue weighted by atomic mass is 16.3. The molecule has 0 spiro atoms. The van der Waals surface area contributed by atoms with E-state index in [1.54, 1.807) is 5.01 Å². The molecule has 0 aliphatic carbocycles. The monoisotopic (exact) mass is 234 g/mol. The number of hydrazine groups is 1. The number of aliphatic hydroxyl groups is 1. The highest BCUT2D eigenvalue weighted by molar-refractivity contribution is 5.82. The lowest BCUT2D eigenvalue weighted by atomic mass is 10.2. The van der Waals surface area contributed by atoms with Gasteiger partial charge in [-0.25, -0.2) is 0 Å². The van der Waals surface area contributed by atoms with Crippen molar-refractivity contribution in [1.82, 2.24) is 5.01 Å². The summed E-state index contributed by atoms with van der Waals surface area (Å²) in [7, 11) is 0. The van der Waals surface area contributed by atoms with E-state index in [1.165, 1.54) is 0 Å². The van der Waals surface area contributed by atoms with E-state index in [-0.39, 0.29) is 12.5 Å². The predicted molar refractivity (Wildman–Crippen MR) is 66.6 cm³/mol. The van der Waals surface area contributed by atoms with Gasteiger partial charge in [-0.3, -0.25) is 14.8 Å². The summed E-state index contributed by atoms with van der Waals surface area (Å²) in [5.74, 6) is 0.140. The van der Waals surface area contributed by atoms with Crippen molar-refractivity contribution in [1.29, 1.82) is 0 Å². The van der Waals surface area contributed by atoms with Crippen molar-refractivity contribution >= 4 is 11.6 Å². The Morgan fingerprint density at radius 3 is 2.82 bits per heavy atom. The second-order valence-corrected chi connectivity index (χ2v) is 4.25. The molecule has 17 heavy (non-hydrogen) atoms. The molecular formula is C13H18N2O2. The zero-order valence-electron chi connectivity index (χ0n) is 10.1. The van der Waals surface area contributed by atoms with Crippen molar-refractivity contribution in [3.8, 4) is 0 Å². The Kier molecular flexibility index (Phi) is 3.64. The van der Waals surface area contributed by atoms with Crippen molar-refractivity contribution in [2.24, 2.45) is 0 Å². The molecule has 0 bridgehead atoms. The first kappa shape index (κ1) is 11.9. The molecule has 1 N–H and O–H groups in total. The van der Waals surface area contributed by atoms with Crippen LogP contribution in [-0.2, 0) is 4.79 Å². The van der Waals surface area contributed by atoms with Crippen molar-refractivity contribution in [2.45, 2.75) is 19.8 Å². The molecule has 0 saturated carbocycles. The van der Waals surface area contributed by atoms with Crippen LogP contribution in [0, 0.1) is 6.92 Å². The van der Waals surface area contributed by atoms with Gasteiger partial charge in [0.1, 0.15) is 0 Å². The zero-order valence-corrected chi connectivity index (χ0v) is 10.1. The van der Waals surface area contributed by atoms with E-state index in [0.29, 0.717) is 19.4 Å². The fourth-order valence-corrected chi connectivity index (χ4v) is 2.16. The summed E-state index contributed by atoms with van der Waals surface area (Å²) in [6.07, 6.45) is 1.17. The van der Waals surface area contributed by atoms with E-state index in [9.17, 15) is 4.79 Å². The van der Waals surface area contributed by atoms with Gasteiger partial charge >= 0.3 is 0 Å². The Labute approximate surface area is 101 Å². The van der Waals surface area contributed by atoms with Gasteiger partial charge in [0, 0.05) is 26.1 Å². The van der Waals surface area contributed by atoms with E-state index in [0.717, 1.165) is 17.8 Å². The summed E-state index contributed by atoms with van der Waals surface area (Å²) in [6, 6.07) is 8.05. The van der Waals surface area contributed by atoms with Crippen LogP contribution < -0.4 is 5.01 Å². The molecule has 1 aliphatic rings. The number of aliphatic hydroxyl groups excluding tert-OH is 1. The Morgan fingerprint density at radius 2 is 2.12 bits per heavy atom. The molecule has 0 unspecified atom stereocenters. The first-order chi connectivity index (χ1) is 8.24. The molecular weight excluding hydrogens is 216 g/mol. The van der Waals surface area contributed by atoms with Crippen molar-refractivity contribution in [2.75, 3.05) is 24.7 Å². The van der Waals surface area contributed by atoms with E-state index in [2.05, 4.69) is 0 Å². The number of anilines is 1. The van der Waals surface area contributed by atoms with Crippen LogP contribution in [0.15, 0.2) is 24.3 Å². The second kappa shape index (κ2) is 5.19. The minimum Gasteiger partial charge on any atom is -0.396 e. The topological polar surface area (TPSA) is 43.8 Å². The molecule has 1 amide bonds. The molecule has 92 valence electrons. The van der Waals surface area contributed by atoms with E-state index >= 15 is 0 Å². The van der Waals surface area contributed by atoms with Crippen LogP contribution in [-0.4, -0.2) is 35.7 Å². The van der Waals surface area contributed by atoms with Crippen LogP contribution in [0.5, 0.6) is 0 Å². The molecule has 4 nitrogen and oxygen atoms in total. The maximum absolute atomic E-state index is 11.8. The molecule has 0 atom stereocenters. The van der Waals surface area contributed by atoms with E-state index < -0.39 is 0 Å². The van der Waals surface area contributed by atoms with Crippen molar-refractivity contribution < 1.29 is 9.90 Å². The fraction of sp³-hybridized carbons (Fsp3) is 0.462. The molecule has 4 heteroatoms. The maximum Gasteiger partial charge on any atom is 0.242 e. The Balaban J connectivity index is 2.19. The van der Waals surface area contributed by atoms with Gasteiger partial charge < -0.3 is 5.11 Å². The average Bonchev–Trinajstić information content (AvgIpc) is 2.69. The third-order valence-electron chi connectivity index (χ3n) is 3.04. The van der Waals surface area contributed by atoms with Gasteiger partial charge in [0.05, 0.1) is 5.69 Å². The SMILES string of the molecule is Cc1ccccc1N1CCC(=O)N1CCCO. The average molecular weight is 234 g/mol. The lowest BCUT2D eigenvalue weighted by molar-refractivity contribution is -0.128.